The highest BCUT2D eigenvalue weighted by molar-refractivity contribution is 5.77. The number of nitrogens with two attached hydrogens (primary N) is 1. The molecule has 1 aliphatic carbocycles. The summed E-state index contributed by atoms with van der Waals surface area (Å²) in [6, 6.07) is 0. The van der Waals surface area contributed by atoms with Crippen LogP contribution in [0, 0.1) is 5.92 Å². The first-order valence-corrected chi connectivity index (χ1v) is 7.49. The largest absolute Gasteiger partial charge is 0.370 e. The van der Waals surface area contributed by atoms with Gasteiger partial charge in [0.15, 0.2) is 11.7 Å². The Morgan fingerprint density at radius 1 is 1.42 bits per heavy atom. The van der Waals surface area contributed by atoms with E-state index in [-0.39, 0.29) is 11.9 Å². The topological polar surface area (TPSA) is 68.9 Å². The van der Waals surface area contributed by atoms with Gasteiger partial charge in [-0.25, -0.2) is 0 Å². The van der Waals surface area contributed by atoms with Gasteiger partial charge in [0.2, 0.25) is 0 Å². The highest BCUT2D eigenvalue weighted by atomic mass is 16.7. The number of hydrogen-bond acceptors (Lipinski definition) is 3. The summed E-state index contributed by atoms with van der Waals surface area (Å²) in [6.45, 7) is 6.48. The van der Waals surface area contributed by atoms with Crippen LogP contribution in [-0.4, -0.2) is 37.5 Å². The molecule has 0 amide bonds. The van der Waals surface area contributed by atoms with E-state index in [2.05, 4.69) is 24.2 Å². The van der Waals surface area contributed by atoms with Gasteiger partial charge < -0.3 is 20.5 Å². The van der Waals surface area contributed by atoms with Crippen LogP contribution in [-0.2, 0) is 9.47 Å². The van der Waals surface area contributed by atoms with Crippen LogP contribution in [0.4, 0.5) is 0 Å². The Balaban J connectivity index is 1.76. The van der Waals surface area contributed by atoms with Crippen molar-refractivity contribution in [2.45, 2.75) is 57.8 Å². The fourth-order valence-corrected chi connectivity index (χ4v) is 2.68. The lowest BCUT2D eigenvalue weighted by Gasteiger charge is -2.34. The molecule has 1 spiro atoms. The van der Waals surface area contributed by atoms with Gasteiger partial charge in [0.1, 0.15) is 6.10 Å². The molecule has 2 rings (SSSR count). The van der Waals surface area contributed by atoms with E-state index < -0.39 is 0 Å². The first-order valence-electron chi connectivity index (χ1n) is 7.49. The van der Waals surface area contributed by atoms with Crippen LogP contribution in [0.2, 0.25) is 0 Å². The molecule has 0 aromatic carbocycles. The lowest BCUT2D eigenvalue weighted by Crippen LogP contribution is -2.36. The van der Waals surface area contributed by atoms with Gasteiger partial charge in [-0.2, -0.15) is 0 Å². The predicted molar refractivity (Wildman–Crippen MR) is 76.0 cm³/mol. The molecule has 1 atom stereocenters. The van der Waals surface area contributed by atoms with Crippen LogP contribution in [0.3, 0.4) is 0 Å². The second kappa shape index (κ2) is 6.57. The summed E-state index contributed by atoms with van der Waals surface area (Å²) in [5.74, 6) is 0.977. The van der Waals surface area contributed by atoms with E-state index in [9.17, 15) is 0 Å². The van der Waals surface area contributed by atoms with Crippen LogP contribution in [0.5, 0.6) is 0 Å². The lowest BCUT2D eigenvalue weighted by atomic mass is 9.86. The maximum Gasteiger partial charge on any atom is 0.188 e. The zero-order valence-corrected chi connectivity index (χ0v) is 12.2. The molecule has 1 unspecified atom stereocenters. The van der Waals surface area contributed by atoms with Crippen molar-refractivity contribution in [1.82, 2.24) is 5.32 Å². The number of aliphatic imine (C=N–C) groups is 1. The Morgan fingerprint density at radius 3 is 2.84 bits per heavy atom. The molecule has 5 heteroatoms. The maximum absolute atomic E-state index is 6.08. The van der Waals surface area contributed by atoms with Crippen molar-refractivity contribution in [2.24, 2.45) is 16.6 Å². The molecular weight excluding hydrogens is 242 g/mol. The molecule has 5 nitrogen and oxygen atoms in total. The van der Waals surface area contributed by atoms with Crippen molar-refractivity contribution in [3.8, 4) is 0 Å². The van der Waals surface area contributed by atoms with Gasteiger partial charge in [-0.1, -0.05) is 13.8 Å². The summed E-state index contributed by atoms with van der Waals surface area (Å²) in [5.41, 5.74) is 5.77. The number of guanidine groups is 1. The van der Waals surface area contributed by atoms with Crippen LogP contribution in [0.15, 0.2) is 4.99 Å². The third-order valence-corrected chi connectivity index (χ3v) is 3.97. The molecule has 0 radical (unpaired) electrons. The molecule has 110 valence electrons. The fourth-order valence-electron chi connectivity index (χ4n) is 2.68. The van der Waals surface area contributed by atoms with Gasteiger partial charge in [0, 0.05) is 19.4 Å². The van der Waals surface area contributed by atoms with Crippen molar-refractivity contribution < 1.29 is 9.47 Å². The monoisotopic (exact) mass is 269 g/mol. The number of ether oxygens (including phenoxy) is 2. The van der Waals surface area contributed by atoms with Crippen LogP contribution >= 0.6 is 0 Å². The minimum absolute atomic E-state index is 0.0513. The first kappa shape index (κ1) is 14.6. The average molecular weight is 269 g/mol. The van der Waals surface area contributed by atoms with Crippen LogP contribution in [0.1, 0.15) is 46.0 Å². The standard InChI is InChI=1S/C14H27N3O2/c1-3-8-16-13(15)17-9-12-10-18-14(19-12)6-4-11(2)5-7-14/h11-12H,3-10H2,1-2H3,(H3,15,16,17). The second-order valence-corrected chi connectivity index (χ2v) is 5.80. The third kappa shape index (κ3) is 4.08. The van der Waals surface area contributed by atoms with Crippen molar-refractivity contribution >= 4 is 5.96 Å². The van der Waals surface area contributed by atoms with Crippen LogP contribution in [0.25, 0.3) is 0 Å². The van der Waals surface area contributed by atoms with E-state index in [1.807, 2.05) is 0 Å². The molecule has 3 N–H and O–H groups in total. The van der Waals surface area contributed by atoms with Crippen molar-refractivity contribution in [3.63, 3.8) is 0 Å². The molecule has 2 aliphatic rings. The molecule has 0 aromatic heterocycles. The van der Waals surface area contributed by atoms with E-state index in [0.717, 1.165) is 31.7 Å². The normalized spacial score (nSPS) is 35.8. The van der Waals surface area contributed by atoms with Crippen molar-refractivity contribution in [3.05, 3.63) is 0 Å². The Labute approximate surface area is 115 Å². The predicted octanol–water partition coefficient (Wildman–Crippen LogP) is 1.62. The third-order valence-electron chi connectivity index (χ3n) is 3.97. The van der Waals surface area contributed by atoms with E-state index in [4.69, 9.17) is 15.2 Å². The average Bonchev–Trinajstić information content (AvgIpc) is 2.81. The molecule has 1 saturated heterocycles. The second-order valence-electron chi connectivity index (χ2n) is 5.80. The quantitative estimate of drug-likeness (QED) is 0.601. The van der Waals surface area contributed by atoms with Gasteiger partial charge in [-0.3, -0.25) is 4.99 Å². The van der Waals surface area contributed by atoms with Gasteiger partial charge in [0.25, 0.3) is 0 Å². The highest BCUT2D eigenvalue weighted by Crippen LogP contribution is 2.39. The van der Waals surface area contributed by atoms with Crippen molar-refractivity contribution in [1.29, 1.82) is 0 Å². The van der Waals surface area contributed by atoms with Gasteiger partial charge >= 0.3 is 0 Å². The fraction of sp³-hybridized carbons (Fsp3) is 0.929. The minimum Gasteiger partial charge on any atom is -0.370 e. The Kier molecular flexibility index (Phi) is 5.05. The maximum atomic E-state index is 6.08. The van der Waals surface area contributed by atoms with Crippen molar-refractivity contribution in [2.75, 3.05) is 19.7 Å². The smallest absolute Gasteiger partial charge is 0.188 e. The van der Waals surface area contributed by atoms with E-state index >= 15 is 0 Å². The Hall–Kier alpha value is -0.810. The number of rotatable bonds is 4. The zero-order chi connectivity index (χ0) is 13.7. The summed E-state index contributed by atoms with van der Waals surface area (Å²) in [6.07, 6.45) is 5.50. The lowest BCUT2D eigenvalue weighted by molar-refractivity contribution is -0.190. The molecule has 19 heavy (non-hydrogen) atoms. The number of nitrogens with zero attached hydrogens (tertiary/aromatic N) is 1. The van der Waals surface area contributed by atoms with E-state index in [1.54, 1.807) is 0 Å². The Morgan fingerprint density at radius 2 is 2.16 bits per heavy atom. The molecule has 0 aromatic rings. The molecule has 0 bridgehead atoms. The molecule has 1 aliphatic heterocycles. The Bertz CT molecular complexity index is 312. The van der Waals surface area contributed by atoms with Crippen LogP contribution < -0.4 is 11.1 Å². The summed E-state index contributed by atoms with van der Waals surface area (Å²) in [5, 5.41) is 3.06. The van der Waals surface area contributed by atoms with Gasteiger partial charge in [-0.15, -0.1) is 0 Å². The molecule has 1 heterocycles. The number of hydrogen-bond donors (Lipinski definition) is 2. The minimum atomic E-state index is -0.321. The SMILES string of the molecule is CCCNC(N)=NCC1COC2(CCC(C)CC2)O1. The summed E-state index contributed by atoms with van der Waals surface area (Å²) in [7, 11) is 0. The summed E-state index contributed by atoms with van der Waals surface area (Å²) < 4.78 is 12.0. The number of nitrogens with one attached hydrogen (secondary N) is 1. The highest BCUT2D eigenvalue weighted by Gasteiger charge is 2.43. The van der Waals surface area contributed by atoms with E-state index in [1.165, 1.54) is 12.8 Å². The van der Waals surface area contributed by atoms with E-state index in [0.29, 0.717) is 19.1 Å². The molecular formula is C14H27N3O2. The molecule has 2 fully saturated rings. The summed E-state index contributed by atoms with van der Waals surface area (Å²) in [4.78, 5) is 4.31. The summed E-state index contributed by atoms with van der Waals surface area (Å²) >= 11 is 0. The first-order chi connectivity index (χ1) is 9.13. The van der Waals surface area contributed by atoms with Gasteiger partial charge in [0.05, 0.1) is 13.2 Å². The zero-order valence-electron chi connectivity index (χ0n) is 12.2. The molecule has 1 saturated carbocycles. The van der Waals surface area contributed by atoms with Gasteiger partial charge in [-0.05, 0) is 25.2 Å².